The van der Waals surface area contributed by atoms with Crippen molar-refractivity contribution < 1.29 is 44.9 Å². The number of aliphatic hydroxyl groups is 6. The maximum absolute atomic E-state index is 12.6. The van der Waals surface area contributed by atoms with Crippen molar-refractivity contribution in [2.45, 2.75) is 55.6 Å². The molecule has 0 saturated carbocycles. The first-order chi connectivity index (χ1) is 17.7. The molecule has 1 aromatic rings. The minimum Gasteiger partial charge on any atom is -0.497 e. The molecule has 1 aromatic carbocycles. The molecule has 0 radical (unpaired) electrons. The summed E-state index contributed by atoms with van der Waals surface area (Å²) in [5, 5.41) is 63.1. The summed E-state index contributed by atoms with van der Waals surface area (Å²) in [5.41, 5.74) is 1.79. The van der Waals surface area contributed by atoms with Crippen molar-refractivity contribution in [1.82, 2.24) is 4.90 Å². The third kappa shape index (κ3) is 5.53. The fraction of sp³-hybridized carbons (Fsp3) is 0.577. The van der Waals surface area contributed by atoms with Gasteiger partial charge in [-0.05, 0) is 61.1 Å². The van der Waals surface area contributed by atoms with Gasteiger partial charge in [-0.25, -0.2) is 4.79 Å². The molecule has 7 N–H and O–H groups in total. The molecule has 3 saturated heterocycles. The van der Waals surface area contributed by atoms with E-state index in [0.717, 1.165) is 25.9 Å². The predicted molar refractivity (Wildman–Crippen MR) is 133 cm³/mol. The van der Waals surface area contributed by atoms with Crippen molar-refractivity contribution in [3.63, 3.8) is 0 Å². The third-order valence-corrected chi connectivity index (χ3v) is 7.74. The number of carbonyl (C=O) groups excluding carboxylic acids is 1. The lowest BCUT2D eigenvalue weighted by molar-refractivity contribution is -0.172. The summed E-state index contributed by atoms with van der Waals surface area (Å²) in [6, 6.07) is 5.08. The van der Waals surface area contributed by atoms with Gasteiger partial charge in [0.2, 0.25) is 0 Å². The Labute approximate surface area is 215 Å². The number of carbonyl (C=O) groups is 1. The fourth-order valence-electron chi connectivity index (χ4n) is 5.55. The first-order valence-electron chi connectivity index (χ1n) is 12.4. The molecule has 4 heterocycles. The fourth-order valence-corrected chi connectivity index (χ4v) is 5.55. The van der Waals surface area contributed by atoms with Crippen LogP contribution in [-0.2, 0) is 9.53 Å². The smallest absolute Gasteiger partial charge is 0.339 e. The van der Waals surface area contributed by atoms with Crippen LogP contribution in [0.5, 0.6) is 5.75 Å². The summed E-state index contributed by atoms with van der Waals surface area (Å²) < 4.78 is 10.7. The van der Waals surface area contributed by atoms with Crippen molar-refractivity contribution in [2.24, 2.45) is 11.8 Å². The second kappa shape index (κ2) is 11.5. The lowest BCUT2D eigenvalue weighted by Gasteiger charge is -2.51. The van der Waals surface area contributed by atoms with E-state index in [0.29, 0.717) is 34.4 Å². The zero-order valence-electron chi connectivity index (χ0n) is 20.7. The van der Waals surface area contributed by atoms with Gasteiger partial charge in [0.15, 0.2) is 12.3 Å². The SMILES string of the molecule is C=C[C@H]1CN2CC[C@H]1C[C@@H]2[C@@H](O)C1=CC(OC(=O)C(O)C(O)C(O)C(O)CO)Nc2ccc(OC)cc21. The van der Waals surface area contributed by atoms with E-state index in [-0.39, 0.29) is 6.04 Å². The molecule has 10 atom stereocenters. The molecule has 2 bridgehead atoms. The quantitative estimate of drug-likeness (QED) is 0.150. The number of hydrogen-bond donors (Lipinski definition) is 7. The van der Waals surface area contributed by atoms with E-state index < -0.39 is 49.3 Å². The molecule has 4 aliphatic rings. The van der Waals surface area contributed by atoms with Crippen molar-refractivity contribution in [1.29, 1.82) is 0 Å². The first-order valence-corrected chi connectivity index (χ1v) is 12.4. The van der Waals surface area contributed by atoms with Gasteiger partial charge in [0, 0.05) is 23.8 Å². The maximum atomic E-state index is 12.6. The molecule has 4 aliphatic heterocycles. The molecule has 0 aromatic heterocycles. The number of ether oxygens (including phenoxy) is 2. The second-order valence-corrected chi connectivity index (χ2v) is 9.90. The van der Waals surface area contributed by atoms with E-state index in [1.54, 1.807) is 31.4 Å². The van der Waals surface area contributed by atoms with Gasteiger partial charge >= 0.3 is 5.97 Å². The van der Waals surface area contributed by atoms with Crippen LogP contribution in [0.2, 0.25) is 0 Å². The van der Waals surface area contributed by atoms with Gasteiger partial charge in [-0.1, -0.05) is 6.08 Å². The summed E-state index contributed by atoms with van der Waals surface area (Å²) in [4.78, 5) is 14.8. The molecular formula is C26H36N2O9. The number of aliphatic hydroxyl groups excluding tert-OH is 6. The average molecular weight is 521 g/mol. The van der Waals surface area contributed by atoms with Crippen LogP contribution >= 0.6 is 0 Å². The van der Waals surface area contributed by atoms with Crippen LogP contribution in [-0.4, -0.2) is 111 Å². The zero-order chi connectivity index (χ0) is 26.9. The normalized spacial score (nSPS) is 30.6. The lowest BCUT2D eigenvalue weighted by Crippen LogP contribution is -2.57. The number of rotatable bonds is 10. The second-order valence-electron chi connectivity index (χ2n) is 9.90. The number of esters is 1. The van der Waals surface area contributed by atoms with Crippen LogP contribution in [0.1, 0.15) is 18.4 Å². The lowest BCUT2D eigenvalue weighted by atomic mass is 9.73. The number of methoxy groups -OCH3 is 1. The molecule has 0 amide bonds. The van der Waals surface area contributed by atoms with Gasteiger partial charge in [-0.3, -0.25) is 4.90 Å². The number of fused-ring (bicyclic) bond motifs is 4. The predicted octanol–water partition coefficient (Wildman–Crippen LogP) is -0.933. The topological polar surface area (TPSA) is 172 Å². The summed E-state index contributed by atoms with van der Waals surface area (Å²) in [7, 11) is 1.54. The van der Waals surface area contributed by atoms with Crippen molar-refractivity contribution in [3.8, 4) is 5.75 Å². The Morgan fingerprint density at radius 3 is 2.62 bits per heavy atom. The minimum atomic E-state index is -2.19. The molecule has 6 unspecified atom stereocenters. The molecule has 0 spiro atoms. The monoisotopic (exact) mass is 520 g/mol. The van der Waals surface area contributed by atoms with Gasteiger partial charge in [0.25, 0.3) is 0 Å². The zero-order valence-corrected chi connectivity index (χ0v) is 20.7. The number of hydrogen-bond acceptors (Lipinski definition) is 11. The van der Waals surface area contributed by atoms with Gasteiger partial charge < -0.3 is 45.4 Å². The number of piperidine rings is 3. The van der Waals surface area contributed by atoms with Crippen LogP contribution in [0.3, 0.4) is 0 Å². The highest BCUT2D eigenvalue weighted by molar-refractivity contribution is 5.84. The Bertz CT molecular complexity index is 1020. The Morgan fingerprint density at radius 2 is 2.00 bits per heavy atom. The molecule has 0 aliphatic carbocycles. The molecule has 204 valence electrons. The Morgan fingerprint density at radius 1 is 1.24 bits per heavy atom. The molecule has 5 rings (SSSR count). The highest BCUT2D eigenvalue weighted by Crippen LogP contribution is 2.42. The molecule has 3 fully saturated rings. The summed E-state index contributed by atoms with van der Waals surface area (Å²) in [6.45, 7) is 4.76. The summed E-state index contributed by atoms with van der Waals surface area (Å²) >= 11 is 0. The Hall–Kier alpha value is -2.51. The van der Waals surface area contributed by atoms with Crippen LogP contribution in [0.25, 0.3) is 5.57 Å². The Balaban J connectivity index is 1.57. The first kappa shape index (κ1) is 27.5. The summed E-state index contributed by atoms with van der Waals surface area (Å²) in [6.07, 6.45) is -4.63. The maximum Gasteiger partial charge on any atom is 0.339 e. The number of anilines is 1. The highest BCUT2D eigenvalue weighted by atomic mass is 16.6. The third-order valence-electron chi connectivity index (χ3n) is 7.74. The van der Waals surface area contributed by atoms with E-state index in [2.05, 4.69) is 16.8 Å². The molecule has 11 heteroatoms. The van der Waals surface area contributed by atoms with Crippen molar-refractivity contribution in [2.75, 3.05) is 32.1 Å². The van der Waals surface area contributed by atoms with E-state index >= 15 is 0 Å². The standard InChI is InChI=1S/C26H36N2O9/c1-3-13-11-28-7-6-14(13)8-19(28)22(31)17-10-21(27-18-5-4-15(36-2)9-16(17)18)37-26(35)25(34)24(33)23(32)20(30)12-29/h3-5,9-10,13-14,19-25,27,29-34H,1,6-8,11-12H2,2H3/t13-,14-,19+,20?,21?,22-,23?,24?,25?/m0/s1. The molecule has 37 heavy (non-hydrogen) atoms. The van der Waals surface area contributed by atoms with Gasteiger partial charge in [0.05, 0.1) is 19.8 Å². The molecular weight excluding hydrogens is 484 g/mol. The van der Waals surface area contributed by atoms with Crippen molar-refractivity contribution in [3.05, 3.63) is 42.5 Å². The largest absolute Gasteiger partial charge is 0.497 e. The summed E-state index contributed by atoms with van der Waals surface area (Å²) in [5.74, 6) is 0.139. The van der Waals surface area contributed by atoms with Gasteiger partial charge in [-0.2, -0.15) is 0 Å². The van der Waals surface area contributed by atoms with E-state index in [4.69, 9.17) is 14.6 Å². The molecule has 11 nitrogen and oxygen atoms in total. The van der Waals surface area contributed by atoms with Crippen LogP contribution in [0.15, 0.2) is 36.9 Å². The van der Waals surface area contributed by atoms with Crippen LogP contribution in [0.4, 0.5) is 5.69 Å². The minimum absolute atomic E-state index is 0.141. The van der Waals surface area contributed by atoms with Crippen LogP contribution in [0, 0.1) is 11.8 Å². The van der Waals surface area contributed by atoms with E-state index in [9.17, 15) is 30.3 Å². The highest BCUT2D eigenvalue weighted by Gasteiger charge is 2.44. The average Bonchev–Trinajstić information content (AvgIpc) is 2.94. The number of benzene rings is 1. The van der Waals surface area contributed by atoms with E-state index in [1.165, 1.54) is 0 Å². The number of nitrogens with zero attached hydrogens (tertiary/aromatic N) is 1. The van der Waals surface area contributed by atoms with E-state index in [1.807, 2.05) is 6.08 Å². The van der Waals surface area contributed by atoms with Gasteiger partial charge in [-0.15, -0.1) is 6.58 Å². The number of nitrogens with one attached hydrogen (secondary N) is 1. The van der Waals surface area contributed by atoms with Gasteiger partial charge in [0.1, 0.15) is 24.1 Å². The van der Waals surface area contributed by atoms with Crippen LogP contribution < -0.4 is 10.1 Å². The van der Waals surface area contributed by atoms with Crippen molar-refractivity contribution >= 4 is 17.2 Å². The Kier molecular flexibility index (Phi) is 8.54.